The summed E-state index contributed by atoms with van der Waals surface area (Å²) in [6.45, 7) is 2.97. The van der Waals surface area contributed by atoms with Gasteiger partial charge in [0.05, 0.1) is 25.2 Å². The summed E-state index contributed by atoms with van der Waals surface area (Å²) in [5.41, 5.74) is 4.47. The molecule has 0 aliphatic carbocycles. The molecular weight excluding hydrogens is 359 g/mol. The Kier molecular flexibility index (Phi) is 4.02. The summed E-state index contributed by atoms with van der Waals surface area (Å²) in [7, 11) is 0. The second-order valence-electron chi connectivity index (χ2n) is 6.84. The van der Waals surface area contributed by atoms with Crippen LogP contribution in [0.3, 0.4) is 0 Å². The van der Waals surface area contributed by atoms with Crippen LogP contribution < -0.4 is 0 Å². The maximum absolute atomic E-state index is 13.2. The Morgan fingerprint density at radius 1 is 1.14 bits per heavy atom. The van der Waals surface area contributed by atoms with E-state index in [9.17, 15) is 4.39 Å². The molecule has 1 aliphatic rings. The molecule has 3 heterocycles. The van der Waals surface area contributed by atoms with Crippen LogP contribution in [0.5, 0.6) is 0 Å². The number of halogens is 1. The molecule has 4 aromatic rings. The number of fused-ring (bicyclic) bond motifs is 1. The molecule has 28 heavy (non-hydrogen) atoms. The molecule has 2 aromatic heterocycles. The molecule has 140 valence electrons. The number of benzene rings is 2. The van der Waals surface area contributed by atoms with Gasteiger partial charge in [0.25, 0.3) is 5.89 Å². The van der Waals surface area contributed by atoms with Crippen LogP contribution in [0.2, 0.25) is 0 Å². The molecule has 7 heteroatoms. The molecule has 0 radical (unpaired) electrons. The fourth-order valence-corrected chi connectivity index (χ4v) is 3.41. The Hall–Kier alpha value is -3.32. The van der Waals surface area contributed by atoms with Crippen molar-refractivity contribution in [1.82, 2.24) is 19.7 Å². The van der Waals surface area contributed by atoms with Crippen LogP contribution in [-0.2, 0) is 17.9 Å². The number of rotatable bonds is 3. The molecule has 0 N–H and O–H groups in total. The van der Waals surface area contributed by atoms with Crippen LogP contribution >= 0.6 is 0 Å². The molecule has 0 unspecified atom stereocenters. The molecule has 5 rings (SSSR count). The van der Waals surface area contributed by atoms with Gasteiger partial charge in [-0.2, -0.15) is 4.98 Å². The zero-order valence-corrected chi connectivity index (χ0v) is 15.2. The van der Waals surface area contributed by atoms with Crippen molar-refractivity contribution in [2.75, 3.05) is 0 Å². The van der Waals surface area contributed by atoms with Crippen molar-refractivity contribution in [3.05, 3.63) is 77.5 Å². The summed E-state index contributed by atoms with van der Waals surface area (Å²) in [5.74, 6) is 0.640. The van der Waals surface area contributed by atoms with Crippen LogP contribution in [-0.4, -0.2) is 19.7 Å². The highest BCUT2D eigenvalue weighted by Gasteiger charge is 2.26. The standard InChI is InChI=1S/C21H17FN4O2/c1-13-3-2-4-15(9-13)20-24-21(28-25-20)19-17-11-27-18(10-26(17)12-23-19)14-5-7-16(22)8-6-14/h2-9,12,18H,10-11H2,1H3/t18-/m0/s1. The third kappa shape index (κ3) is 2.99. The van der Waals surface area contributed by atoms with E-state index in [1.54, 1.807) is 18.5 Å². The lowest BCUT2D eigenvalue weighted by Crippen LogP contribution is -2.20. The van der Waals surface area contributed by atoms with E-state index in [0.717, 1.165) is 22.4 Å². The van der Waals surface area contributed by atoms with E-state index < -0.39 is 0 Å². The summed E-state index contributed by atoms with van der Waals surface area (Å²) in [4.78, 5) is 8.97. The number of aromatic nitrogens is 4. The van der Waals surface area contributed by atoms with Crippen molar-refractivity contribution in [3.63, 3.8) is 0 Å². The number of hydrogen-bond acceptors (Lipinski definition) is 5. The minimum absolute atomic E-state index is 0.152. The predicted molar refractivity (Wildman–Crippen MR) is 99.6 cm³/mol. The zero-order valence-electron chi connectivity index (χ0n) is 15.2. The van der Waals surface area contributed by atoms with Gasteiger partial charge in [-0.05, 0) is 30.7 Å². The number of ether oxygens (including phenoxy) is 1. The molecule has 0 amide bonds. The van der Waals surface area contributed by atoms with E-state index in [0.29, 0.717) is 30.6 Å². The van der Waals surface area contributed by atoms with Gasteiger partial charge in [-0.15, -0.1) is 0 Å². The van der Waals surface area contributed by atoms with Crippen molar-refractivity contribution < 1.29 is 13.7 Å². The summed E-state index contributed by atoms with van der Waals surface area (Å²) in [6, 6.07) is 14.3. The zero-order chi connectivity index (χ0) is 19.1. The van der Waals surface area contributed by atoms with E-state index in [-0.39, 0.29) is 11.9 Å². The first-order valence-corrected chi connectivity index (χ1v) is 8.99. The van der Waals surface area contributed by atoms with Gasteiger partial charge in [-0.3, -0.25) is 0 Å². The van der Waals surface area contributed by atoms with E-state index in [1.165, 1.54) is 12.1 Å². The lowest BCUT2D eigenvalue weighted by Gasteiger charge is -2.25. The maximum atomic E-state index is 13.2. The molecule has 6 nitrogen and oxygen atoms in total. The van der Waals surface area contributed by atoms with E-state index in [2.05, 4.69) is 15.1 Å². The maximum Gasteiger partial charge on any atom is 0.278 e. The third-order valence-electron chi connectivity index (χ3n) is 4.88. The topological polar surface area (TPSA) is 66.0 Å². The highest BCUT2D eigenvalue weighted by atomic mass is 19.1. The Bertz CT molecular complexity index is 1130. The first-order chi connectivity index (χ1) is 13.7. The van der Waals surface area contributed by atoms with Crippen LogP contribution in [0.4, 0.5) is 4.39 Å². The number of imidazole rings is 1. The molecule has 0 saturated heterocycles. The van der Waals surface area contributed by atoms with Crippen molar-refractivity contribution in [1.29, 1.82) is 0 Å². The van der Waals surface area contributed by atoms with Crippen LogP contribution in [0.25, 0.3) is 23.0 Å². The van der Waals surface area contributed by atoms with Crippen molar-refractivity contribution in [2.45, 2.75) is 26.2 Å². The minimum Gasteiger partial charge on any atom is -0.365 e. The molecule has 0 spiro atoms. The summed E-state index contributed by atoms with van der Waals surface area (Å²) in [5, 5.41) is 4.09. The highest BCUT2D eigenvalue weighted by Crippen LogP contribution is 2.32. The fourth-order valence-electron chi connectivity index (χ4n) is 3.41. The van der Waals surface area contributed by atoms with Crippen molar-refractivity contribution in [2.24, 2.45) is 0 Å². The van der Waals surface area contributed by atoms with Crippen molar-refractivity contribution >= 4 is 0 Å². The monoisotopic (exact) mass is 376 g/mol. The Balaban J connectivity index is 1.42. The largest absolute Gasteiger partial charge is 0.365 e. The second kappa shape index (κ2) is 6.69. The number of nitrogens with zero attached hydrogens (tertiary/aromatic N) is 4. The van der Waals surface area contributed by atoms with Crippen molar-refractivity contribution in [3.8, 4) is 23.0 Å². The van der Waals surface area contributed by atoms with Gasteiger partial charge in [-0.1, -0.05) is 41.1 Å². The summed E-state index contributed by atoms with van der Waals surface area (Å²) < 4.78 is 26.6. The average molecular weight is 376 g/mol. The summed E-state index contributed by atoms with van der Waals surface area (Å²) >= 11 is 0. The highest BCUT2D eigenvalue weighted by molar-refractivity contribution is 5.59. The van der Waals surface area contributed by atoms with Crippen LogP contribution in [0.1, 0.15) is 22.9 Å². The lowest BCUT2D eigenvalue weighted by molar-refractivity contribution is 0.00326. The van der Waals surface area contributed by atoms with Gasteiger partial charge in [0.15, 0.2) is 5.69 Å². The second-order valence-corrected chi connectivity index (χ2v) is 6.84. The fraction of sp³-hybridized carbons (Fsp3) is 0.190. The molecule has 0 saturated carbocycles. The lowest BCUT2D eigenvalue weighted by atomic mass is 10.1. The Morgan fingerprint density at radius 3 is 2.82 bits per heavy atom. The van der Waals surface area contributed by atoms with Crippen LogP contribution in [0.15, 0.2) is 59.4 Å². The van der Waals surface area contributed by atoms with Crippen LogP contribution in [0, 0.1) is 12.7 Å². The molecule has 1 atom stereocenters. The van der Waals surface area contributed by atoms with E-state index >= 15 is 0 Å². The van der Waals surface area contributed by atoms with Gasteiger partial charge >= 0.3 is 0 Å². The van der Waals surface area contributed by atoms with Gasteiger partial charge in [-0.25, -0.2) is 9.37 Å². The number of hydrogen-bond donors (Lipinski definition) is 0. The van der Waals surface area contributed by atoms with E-state index in [1.807, 2.05) is 35.8 Å². The van der Waals surface area contributed by atoms with E-state index in [4.69, 9.17) is 9.26 Å². The molecular formula is C21H17FN4O2. The Labute approximate surface area is 160 Å². The average Bonchev–Trinajstić information content (AvgIpc) is 3.35. The number of aryl methyl sites for hydroxylation is 1. The quantitative estimate of drug-likeness (QED) is 0.533. The smallest absolute Gasteiger partial charge is 0.278 e. The molecule has 2 aromatic carbocycles. The molecule has 0 bridgehead atoms. The minimum atomic E-state index is -0.258. The predicted octanol–water partition coefficient (Wildman–Crippen LogP) is 4.32. The summed E-state index contributed by atoms with van der Waals surface area (Å²) in [6.07, 6.45) is 1.60. The third-order valence-corrected chi connectivity index (χ3v) is 4.88. The normalized spacial score (nSPS) is 16.1. The van der Waals surface area contributed by atoms with Gasteiger partial charge in [0.2, 0.25) is 5.82 Å². The van der Waals surface area contributed by atoms with Gasteiger partial charge < -0.3 is 13.8 Å². The van der Waals surface area contributed by atoms with Gasteiger partial charge in [0.1, 0.15) is 11.9 Å². The SMILES string of the molecule is Cc1cccc(-c2noc(-c3ncn4c3CO[C@H](c3ccc(F)cc3)C4)n2)c1. The van der Waals surface area contributed by atoms with Gasteiger partial charge in [0, 0.05) is 5.56 Å². The first kappa shape index (κ1) is 16.8. The molecule has 0 fully saturated rings. The Morgan fingerprint density at radius 2 is 2.00 bits per heavy atom. The molecule has 1 aliphatic heterocycles. The first-order valence-electron chi connectivity index (χ1n) is 8.99.